The van der Waals surface area contributed by atoms with Crippen molar-refractivity contribution in [3.05, 3.63) is 48.0 Å². The van der Waals surface area contributed by atoms with E-state index in [0.717, 1.165) is 28.7 Å². The van der Waals surface area contributed by atoms with Gasteiger partial charge < -0.3 is 14.8 Å². The normalized spacial score (nSPS) is 16.5. The van der Waals surface area contributed by atoms with Gasteiger partial charge in [0.25, 0.3) is 9.84 Å². The van der Waals surface area contributed by atoms with E-state index in [9.17, 15) is 13.2 Å². The quantitative estimate of drug-likeness (QED) is 0.602. The Kier molecular flexibility index (Phi) is 4.19. The van der Waals surface area contributed by atoms with Crippen LogP contribution in [-0.2, 0) is 27.5 Å². The van der Waals surface area contributed by atoms with Crippen molar-refractivity contribution >= 4 is 21.5 Å². The molecule has 3 aromatic rings. The first-order chi connectivity index (χ1) is 12.9. The number of aliphatic carboxylic acids is 1. The van der Waals surface area contributed by atoms with Crippen molar-refractivity contribution in [1.82, 2.24) is 15.2 Å². The number of carbonyl (C=O) groups is 1. The number of aryl methyl sites for hydroxylation is 1. The maximum atomic E-state index is 12.8. The Morgan fingerprint density at radius 1 is 1.33 bits per heavy atom. The molecule has 1 aliphatic heterocycles. The van der Waals surface area contributed by atoms with Crippen molar-refractivity contribution in [3.63, 3.8) is 0 Å². The molecule has 2 aromatic heterocycles. The number of H-pyrrole nitrogens is 1. The molecule has 140 valence electrons. The zero-order chi connectivity index (χ0) is 19.0. The van der Waals surface area contributed by atoms with Crippen molar-refractivity contribution in [2.24, 2.45) is 0 Å². The molecule has 0 aliphatic carbocycles. The summed E-state index contributed by atoms with van der Waals surface area (Å²) in [7, 11) is -3.87. The molecular formula is C17H16N4O5S. The smallest absolute Gasteiger partial charge is 0.317 e. The molecule has 4 rings (SSSR count). The van der Waals surface area contributed by atoms with Gasteiger partial charge in [0, 0.05) is 11.9 Å². The number of nitrogens with one attached hydrogen (secondary N) is 2. The van der Waals surface area contributed by atoms with Gasteiger partial charge in [-0.25, -0.2) is 13.4 Å². The number of anilines is 1. The minimum absolute atomic E-state index is 0.00137. The average molecular weight is 388 g/mol. The minimum Gasteiger partial charge on any atom is -0.481 e. The van der Waals surface area contributed by atoms with Gasteiger partial charge in [0.2, 0.25) is 0 Å². The van der Waals surface area contributed by atoms with Crippen molar-refractivity contribution in [2.45, 2.75) is 29.9 Å². The fourth-order valence-electron chi connectivity index (χ4n) is 3.06. The summed E-state index contributed by atoms with van der Waals surface area (Å²) in [6, 6.07) is 7.57. The first kappa shape index (κ1) is 17.3. The van der Waals surface area contributed by atoms with E-state index in [2.05, 4.69) is 20.5 Å². The number of sulfone groups is 1. The highest BCUT2D eigenvalue weighted by Gasteiger charge is 2.34. The van der Waals surface area contributed by atoms with E-state index in [-0.39, 0.29) is 5.76 Å². The molecule has 0 bridgehead atoms. The van der Waals surface area contributed by atoms with Crippen molar-refractivity contribution in [1.29, 1.82) is 0 Å². The third kappa shape index (κ3) is 3.31. The molecule has 0 radical (unpaired) electrons. The fraction of sp³-hybridized carbons (Fsp3) is 0.235. The van der Waals surface area contributed by atoms with E-state index in [4.69, 9.17) is 9.52 Å². The molecule has 27 heavy (non-hydrogen) atoms. The predicted octanol–water partition coefficient (Wildman–Crippen LogP) is 1.85. The van der Waals surface area contributed by atoms with Gasteiger partial charge in [-0.2, -0.15) is 5.10 Å². The molecule has 1 aromatic carbocycles. The monoisotopic (exact) mass is 388 g/mol. The lowest BCUT2D eigenvalue weighted by Gasteiger charge is -2.26. The lowest BCUT2D eigenvalue weighted by molar-refractivity contribution is -0.136. The van der Waals surface area contributed by atoms with E-state index in [1.807, 2.05) is 24.3 Å². The first-order valence-electron chi connectivity index (χ1n) is 8.23. The second-order valence-electron chi connectivity index (χ2n) is 6.22. The number of hydrogen-bond acceptors (Lipinski definition) is 7. The van der Waals surface area contributed by atoms with Gasteiger partial charge in [-0.15, -0.1) is 0 Å². The van der Waals surface area contributed by atoms with Gasteiger partial charge in [-0.1, -0.05) is 6.07 Å². The number of aromatic amines is 1. The summed E-state index contributed by atoms with van der Waals surface area (Å²) in [6.07, 6.45) is 3.30. The van der Waals surface area contributed by atoms with Crippen LogP contribution in [0.1, 0.15) is 17.7 Å². The molecule has 9 nitrogen and oxygen atoms in total. The summed E-state index contributed by atoms with van der Waals surface area (Å²) in [5.41, 5.74) is 3.60. The van der Waals surface area contributed by atoms with E-state index >= 15 is 0 Å². The van der Waals surface area contributed by atoms with E-state index < -0.39 is 32.8 Å². The molecule has 0 fully saturated rings. The Labute approximate surface area is 154 Å². The number of benzene rings is 1. The van der Waals surface area contributed by atoms with Gasteiger partial charge in [-0.05, 0) is 42.2 Å². The van der Waals surface area contributed by atoms with Crippen molar-refractivity contribution in [3.8, 4) is 11.3 Å². The molecule has 1 atom stereocenters. The van der Waals surface area contributed by atoms with E-state index in [1.165, 1.54) is 0 Å². The summed E-state index contributed by atoms with van der Waals surface area (Å²) in [5, 5.41) is 17.3. The molecule has 0 amide bonds. The summed E-state index contributed by atoms with van der Waals surface area (Å²) < 4.78 is 30.7. The molecule has 3 heterocycles. The summed E-state index contributed by atoms with van der Waals surface area (Å²) >= 11 is 0. The summed E-state index contributed by atoms with van der Waals surface area (Å²) in [6.45, 7) is 0. The second kappa shape index (κ2) is 6.54. The van der Waals surface area contributed by atoms with Crippen LogP contribution >= 0.6 is 0 Å². The van der Waals surface area contributed by atoms with E-state index in [0.29, 0.717) is 12.8 Å². The maximum Gasteiger partial charge on any atom is 0.317 e. The van der Waals surface area contributed by atoms with Gasteiger partial charge in [0.05, 0.1) is 11.9 Å². The second-order valence-corrected chi connectivity index (χ2v) is 8.23. The van der Waals surface area contributed by atoms with Crippen LogP contribution in [0.25, 0.3) is 11.3 Å². The third-order valence-corrected chi connectivity index (χ3v) is 6.16. The average Bonchev–Trinajstić information content (AvgIpc) is 3.32. The van der Waals surface area contributed by atoms with Crippen LogP contribution in [0.15, 0.2) is 46.3 Å². The Balaban J connectivity index is 1.56. The minimum atomic E-state index is -3.87. The Bertz CT molecular complexity index is 1090. The van der Waals surface area contributed by atoms with Crippen LogP contribution in [0.2, 0.25) is 0 Å². The molecule has 0 spiro atoms. The highest BCUT2D eigenvalue weighted by molar-refractivity contribution is 7.91. The van der Waals surface area contributed by atoms with Gasteiger partial charge in [0.1, 0.15) is 17.6 Å². The van der Waals surface area contributed by atoms with Crippen LogP contribution in [0, 0.1) is 0 Å². The number of fused-ring (bicyclic) bond motifs is 1. The van der Waals surface area contributed by atoms with Crippen molar-refractivity contribution < 1.29 is 22.7 Å². The number of carboxylic acids is 1. The van der Waals surface area contributed by atoms with Crippen LogP contribution in [0.3, 0.4) is 0 Å². The summed E-state index contributed by atoms with van der Waals surface area (Å²) in [5.74, 6) is -1.12. The third-order valence-electron chi connectivity index (χ3n) is 4.39. The molecule has 3 N–H and O–H groups in total. The van der Waals surface area contributed by atoms with E-state index in [1.54, 1.807) is 6.20 Å². The summed E-state index contributed by atoms with van der Waals surface area (Å²) in [4.78, 5) is 14.5. The Hall–Kier alpha value is -3.14. The molecule has 0 saturated heterocycles. The van der Waals surface area contributed by atoms with Crippen LogP contribution in [-0.4, -0.2) is 40.0 Å². The Morgan fingerprint density at radius 2 is 2.19 bits per heavy atom. The van der Waals surface area contributed by atoms with Gasteiger partial charge in [-0.3, -0.25) is 9.89 Å². The number of hydrogen-bond donors (Lipinski definition) is 3. The van der Waals surface area contributed by atoms with Gasteiger partial charge >= 0.3 is 11.2 Å². The first-order valence-corrected chi connectivity index (χ1v) is 9.78. The van der Waals surface area contributed by atoms with Crippen LogP contribution in [0.4, 0.5) is 5.69 Å². The maximum absolute atomic E-state index is 12.8. The SMILES string of the molecule is O=C(O)Cc1cnc(S(=O)(=O)C2CCc3cc(-c4ccn[nH]4)ccc3N2)o1. The zero-order valence-electron chi connectivity index (χ0n) is 14.0. The van der Waals surface area contributed by atoms with Crippen LogP contribution < -0.4 is 5.32 Å². The molecule has 0 saturated carbocycles. The fourth-order valence-corrected chi connectivity index (χ4v) is 4.44. The highest BCUT2D eigenvalue weighted by Crippen LogP contribution is 2.32. The number of carboxylic acid groups (broad SMARTS) is 1. The lowest BCUT2D eigenvalue weighted by Crippen LogP contribution is -2.33. The number of oxazole rings is 1. The molecular weight excluding hydrogens is 372 g/mol. The Morgan fingerprint density at radius 3 is 2.93 bits per heavy atom. The molecule has 1 unspecified atom stereocenters. The van der Waals surface area contributed by atoms with Crippen LogP contribution in [0.5, 0.6) is 0 Å². The van der Waals surface area contributed by atoms with Gasteiger partial charge in [0.15, 0.2) is 0 Å². The zero-order valence-corrected chi connectivity index (χ0v) is 14.9. The molecule has 1 aliphatic rings. The lowest BCUT2D eigenvalue weighted by atomic mass is 9.99. The highest BCUT2D eigenvalue weighted by atomic mass is 32.2. The number of nitrogens with zero attached hydrogens (tertiary/aromatic N) is 2. The largest absolute Gasteiger partial charge is 0.481 e. The predicted molar refractivity (Wildman–Crippen MR) is 94.8 cm³/mol. The standard InChI is InChI=1S/C17H16N4O5S/c22-16(23)8-12-9-18-17(26-12)27(24,25)15-4-2-10-7-11(1-3-13(10)20-15)14-5-6-19-21-14/h1,3,5-7,9,15,20H,2,4,8H2,(H,19,21)(H,22,23). The topological polar surface area (TPSA) is 138 Å². The van der Waals surface area contributed by atoms with Crippen molar-refractivity contribution in [2.75, 3.05) is 5.32 Å². The molecule has 10 heteroatoms. The number of rotatable bonds is 5. The number of aromatic nitrogens is 3.